The van der Waals surface area contributed by atoms with Gasteiger partial charge in [-0.05, 0) is 24.5 Å². The van der Waals surface area contributed by atoms with Gasteiger partial charge in [-0.1, -0.05) is 25.5 Å². The molecule has 1 rings (SSSR count). The molecule has 1 nitrogen and oxygen atoms in total. The maximum atomic E-state index is 14.1. The molecule has 0 aliphatic carbocycles. The van der Waals surface area contributed by atoms with Gasteiger partial charge in [-0.25, -0.2) is 4.39 Å². The number of benzene rings is 1. The summed E-state index contributed by atoms with van der Waals surface area (Å²) in [6.07, 6.45) is 2.40. The van der Waals surface area contributed by atoms with Crippen LogP contribution in [0.1, 0.15) is 25.3 Å². The Balaban J connectivity index is 3.00. The molecular weight excluding hydrogens is 274 g/mol. The molecule has 0 radical (unpaired) electrons. The molecule has 0 unspecified atom stereocenters. The van der Waals surface area contributed by atoms with Crippen molar-refractivity contribution in [3.8, 4) is 5.75 Å². The minimum Gasteiger partial charge on any atom is -0.494 e. The van der Waals surface area contributed by atoms with Crippen molar-refractivity contribution < 1.29 is 9.13 Å². The SMILES string of the molecule is CCCC(CCl)(CCl)Cc1cccc(OC)c1F. The normalized spacial score (nSPS) is 11.6. The van der Waals surface area contributed by atoms with Crippen LogP contribution in [-0.2, 0) is 6.42 Å². The average Bonchev–Trinajstić information content (AvgIpc) is 2.40. The minimum absolute atomic E-state index is 0.245. The number of methoxy groups -OCH3 is 1. The number of ether oxygens (including phenoxy) is 1. The molecule has 0 N–H and O–H groups in total. The Labute approximate surface area is 118 Å². The summed E-state index contributed by atoms with van der Waals surface area (Å²) in [6, 6.07) is 5.17. The van der Waals surface area contributed by atoms with E-state index in [1.54, 1.807) is 18.2 Å². The van der Waals surface area contributed by atoms with Crippen LogP contribution in [-0.4, -0.2) is 18.9 Å². The Kier molecular flexibility index (Phi) is 6.24. The molecular formula is C14H19Cl2FO. The van der Waals surface area contributed by atoms with Gasteiger partial charge in [-0.15, -0.1) is 23.2 Å². The third-order valence-electron chi connectivity index (χ3n) is 3.18. The van der Waals surface area contributed by atoms with Crippen molar-refractivity contribution in [1.29, 1.82) is 0 Å². The second-order valence-corrected chi connectivity index (χ2v) is 5.16. The number of hydrogen-bond donors (Lipinski definition) is 0. The fraction of sp³-hybridized carbons (Fsp3) is 0.571. The van der Waals surface area contributed by atoms with E-state index in [9.17, 15) is 4.39 Å². The molecule has 0 aliphatic heterocycles. The van der Waals surface area contributed by atoms with E-state index in [4.69, 9.17) is 27.9 Å². The molecule has 0 saturated carbocycles. The zero-order valence-corrected chi connectivity index (χ0v) is 12.3. The Morgan fingerprint density at radius 1 is 1.28 bits per heavy atom. The smallest absolute Gasteiger partial charge is 0.168 e. The lowest BCUT2D eigenvalue weighted by atomic mass is 9.81. The second-order valence-electron chi connectivity index (χ2n) is 4.63. The highest BCUT2D eigenvalue weighted by Gasteiger charge is 2.29. The first-order valence-corrected chi connectivity index (χ1v) is 7.12. The maximum absolute atomic E-state index is 14.1. The molecule has 0 fully saturated rings. The van der Waals surface area contributed by atoms with Crippen molar-refractivity contribution in [2.75, 3.05) is 18.9 Å². The summed E-state index contributed by atoms with van der Waals surface area (Å²) < 4.78 is 19.1. The van der Waals surface area contributed by atoms with Gasteiger partial charge in [-0.2, -0.15) is 0 Å². The molecule has 1 aromatic rings. The highest BCUT2D eigenvalue weighted by Crippen LogP contribution is 2.34. The number of halogens is 3. The highest BCUT2D eigenvalue weighted by molar-refractivity contribution is 6.21. The zero-order valence-electron chi connectivity index (χ0n) is 10.8. The summed E-state index contributed by atoms with van der Waals surface area (Å²) in [5.41, 5.74) is 0.370. The van der Waals surface area contributed by atoms with Crippen molar-refractivity contribution in [3.05, 3.63) is 29.6 Å². The van der Waals surface area contributed by atoms with Gasteiger partial charge in [0.15, 0.2) is 11.6 Å². The van der Waals surface area contributed by atoms with Gasteiger partial charge < -0.3 is 4.74 Å². The molecule has 0 atom stereocenters. The summed E-state index contributed by atoms with van der Waals surface area (Å²) in [6.45, 7) is 2.08. The monoisotopic (exact) mass is 292 g/mol. The van der Waals surface area contributed by atoms with Gasteiger partial charge in [-0.3, -0.25) is 0 Å². The van der Waals surface area contributed by atoms with Gasteiger partial charge >= 0.3 is 0 Å². The van der Waals surface area contributed by atoms with Crippen LogP contribution in [0.4, 0.5) is 4.39 Å². The van der Waals surface area contributed by atoms with Crippen molar-refractivity contribution in [2.45, 2.75) is 26.2 Å². The van der Waals surface area contributed by atoms with Crippen LogP contribution in [0.25, 0.3) is 0 Å². The molecule has 0 bridgehead atoms. The Hall–Kier alpha value is -0.470. The van der Waals surface area contributed by atoms with E-state index in [1.165, 1.54) is 7.11 Å². The highest BCUT2D eigenvalue weighted by atomic mass is 35.5. The van der Waals surface area contributed by atoms with Gasteiger partial charge in [0.2, 0.25) is 0 Å². The molecule has 0 aliphatic rings. The summed E-state index contributed by atoms with van der Waals surface area (Å²) in [5, 5.41) is 0. The fourth-order valence-electron chi connectivity index (χ4n) is 2.14. The number of hydrogen-bond acceptors (Lipinski definition) is 1. The first-order chi connectivity index (χ1) is 8.62. The molecule has 0 heterocycles. The van der Waals surface area contributed by atoms with Gasteiger partial charge in [0.25, 0.3) is 0 Å². The summed E-state index contributed by atoms with van der Waals surface area (Å²) in [7, 11) is 1.46. The quantitative estimate of drug-likeness (QED) is 0.665. The standard InChI is InChI=1S/C14H19Cl2FO/c1-3-7-14(9-15,10-16)8-11-5-4-6-12(18-2)13(11)17/h4-6H,3,7-10H2,1-2H3. The van der Waals surface area contributed by atoms with E-state index in [1.807, 2.05) is 0 Å². The van der Waals surface area contributed by atoms with Crippen molar-refractivity contribution in [1.82, 2.24) is 0 Å². The summed E-state index contributed by atoms with van der Waals surface area (Å²) in [4.78, 5) is 0. The molecule has 0 amide bonds. The lowest BCUT2D eigenvalue weighted by Crippen LogP contribution is -2.28. The zero-order chi connectivity index (χ0) is 13.6. The van der Waals surface area contributed by atoms with Crippen molar-refractivity contribution in [2.24, 2.45) is 5.41 Å². The molecule has 102 valence electrons. The molecule has 0 aromatic heterocycles. The van der Waals surface area contributed by atoms with Gasteiger partial charge in [0.1, 0.15) is 0 Å². The van der Waals surface area contributed by atoms with Gasteiger partial charge in [0, 0.05) is 17.2 Å². The van der Waals surface area contributed by atoms with Crippen molar-refractivity contribution >= 4 is 23.2 Å². The van der Waals surface area contributed by atoms with E-state index in [-0.39, 0.29) is 17.0 Å². The predicted octanol–water partition coefficient (Wildman–Crippen LogP) is 4.64. The first kappa shape index (κ1) is 15.6. The molecule has 18 heavy (non-hydrogen) atoms. The van der Waals surface area contributed by atoms with Crippen LogP contribution in [0.2, 0.25) is 0 Å². The van der Waals surface area contributed by atoms with Crippen molar-refractivity contribution in [3.63, 3.8) is 0 Å². The Bertz CT molecular complexity index is 378. The lowest BCUT2D eigenvalue weighted by molar-refractivity contribution is 0.330. The van der Waals surface area contributed by atoms with Crippen LogP contribution in [0.3, 0.4) is 0 Å². The lowest BCUT2D eigenvalue weighted by Gasteiger charge is -2.29. The van der Waals surface area contributed by atoms with E-state index >= 15 is 0 Å². The molecule has 1 aromatic carbocycles. The number of rotatable bonds is 7. The van der Waals surface area contributed by atoms with Crippen LogP contribution < -0.4 is 4.74 Å². The van der Waals surface area contributed by atoms with Crippen LogP contribution >= 0.6 is 23.2 Å². The van der Waals surface area contributed by atoms with E-state index < -0.39 is 0 Å². The van der Waals surface area contributed by atoms with Crippen LogP contribution in [0.5, 0.6) is 5.75 Å². The predicted molar refractivity (Wildman–Crippen MR) is 75.4 cm³/mol. The Morgan fingerprint density at radius 2 is 1.94 bits per heavy atom. The second kappa shape index (κ2) is 7.20. The maximum Gasteiger partial charge on any atom is 0.168 e. The third-order valence-corrected chi connectivity index (χ3v) is 4.31. The van der Waals surface area contributed by atoms with E-state index in [0.717, 1.165) is 12.8 Å². The largest absolute Gasteiger partial charge is 0.494 e. The van der Waals surface area contributed by atoms with E-state index in [0.29, 0.717) is 23.7 Å². The molecule has 4 heteroatoms. The molecule has 0 spiro atoms. The number of alkyl halides is 2. The summed E-state index contributed by atoms with van der Waals surface area (Å²) >= 11 is 12.1. The van der Waals surface area contributed by atoms with E-state index in [2.05, 4.69) is 6.92 Å². The average molecular weight is 293 g/mol. The molecule has 0 saturated heterocycles. The minimum atomic E-state index is -0.310. The Morgan fingerprint density at radius 3 is 2.44 bits per heavy atom. The topological polar surface area (TPSA) is 9.23 Å². The summed E-state index contributed by atoms with van der Waals surface area (Å²) in [5.74, 6) is 0.819. The third kappa shape index (κ3) is 3.52. The van der Waals surface area contributed by atoms with Gasteiger partial charge in [0.05, 0.1) is 7.11 Å². The van der Waals surface area contributed by atoms with Crippen LogP contribution in [0.15, 0.2) is 18.2 Å². The fourth-order valence-corrected chi connectivity index (χ4v) is 2.88. The first-order valence-electron chi connectivity index (χ1n) is 6.05. The van der Waals surface area contributed by atoms with Crippen LogP contribution in [0, 0.1) is 11.2 Å².